The number of rotatable bonds is 3. The van der Waals surface area contributed by atoms with E-state index in [-0.39, 0.29) is 30.9 Å². The fraction of sp³-hybridized carbons (Fsp3) is 0.500. The van der Waals surface area contributed by atoms with Crippen LogP contribution in [0.5, 0.6) is 0 Å². The van der Waals surface area contributed by atoms with Gasteiger partial charge in [-0.3, -0.25) is 4.79 Å². The topological polar surface area (TPSA) is 73.6 Å². The van der Waals surface area contributed by atoms with Gasteiger partial charge in [0.2, 0.25) is 5.91 Å². The lowest BCUT2D eigenvalue weighted by molar-refractivity contribution is -0.224. The number of nitrogens with one attached hydrogen (secondary N) is 1. The minimum absolute atomic E-state index is 0.0232. The molecule has 1 aromatic carbocycles. The highest BCUT2D eigenvalue weighted by atomic mass is 16.7. The van der Waals surface area contributed by atoms with Crippen molar-refractivity contribution in [1.82, 2.24) is 5.32 Å². The van der Waals surface area contributed by atoms with Crippen LogP contribution in [0.4, 0.5) is 0 Å². The molecule has 3 atom stereocenters. The highest BCUT2D eigenvalue weighted by Gasteiger charge is 2.30. The minimum atomic E-state index is -0.373. The van der Waals surface area contributed by atoms with Gasteiger partial charge < -0.3 is 20.5 Å². The van der Waals surface area contributed by atoms with Gasteiger partial charge in [-0.25, -0.2) is 0 Å². The van der Waals surface area contributed by atoms with E-state index in [0.717, 1.165) is 5.56 Å². The highest BCUT2D eigenvalue weighted by molar-refractivity contribution is 5.78. The molecule has 104 valence electrons. The SMILES string of the molecule is Cc1ccc([C@H]2OC[C@@H](NC(=O)CN)[C@@H](C)O2)cc1. The van der Waals surface area contributed by atoms with Gasteiger partial charge in [-0.05, 0) is 13.8 Å². The Morgan fingerprint density at radius 2 is 2.11 bits per heavy atom. The Hall–Kier alpha value is -1.43. The van der Waals surface area contributed by atoms with E-state index in [1.54, 1.807) is 0 Å². The third kappa shape index (κ3) is 3.53. The Kier molecular flexibility index (Phi) is 4.52. The molecule has 1 amide bonds. The number of hydrogen-bond donors (Lipinski definition) is 2. The summed E-state index contributed by atoms with van der Waals surface area (Å²) in [6, 6.07) is 7.87. The van der Waals surface area contributed by atoms with Crippen molar-refractivity contribution >= 4 is 5.91 Å². The molecule has 0 aliphatic carbocycles. The van der Waals surface area contributed by atoms with E-state index in [4.69, 9.17) is 15.2 Å². The largest absolute Gasteiger partial charge is 0.347 e. The third-order valence-corrected chi connectivity index (χ3v) is 3.21. The molecule has 0 radical (unpaired) electrons. The van der Waals surface area contributed by atoms with Crippen LogP contribution in [0.15, 0.2) is 24.3 Å². The first-order valence-corrected chi connectivity index (χ1v) is 6.43. The lowest BCUT2D eigenvalue weighted by Crippen LogP contribution is -2.51. The van der Waals surface area contributed by atoms with E-state index in [0.29, 0.717) is 6.61 Å². The molecule has 1 aromatic rings. The Bertz CT molecular complexity index is 433. The van der Waals surface area contributed by atoms with E-state index in [1.165, 1.54) is 5.56 Å². The molecule has 0 saturated carbocycles. The van der Waals surface area contributed by atoms with Crippen LogP contribution in [0, 0.1) is 6.92 Å². The van der Waals surface area contributed by atoms with E-state index in [2.05, 4.69) is 5.32 Å². The van der Waals surface area contributed by atoms with Crippen molar-refractivity contribution in [2.24, 2.45) is 5.73 Å². The summed E-state index contributed by atoms with van der Waals surface area (Å²) in [4.78, 5) is 11.3. The highest BCUT2D eigenvalue weighted by Crippen LogP contribution is 2.26. The van der Waals surface area contributed by atoms with Crippen LogP contribution in [-0.2, 0) is 14.3 Å². The van der Waals surface area contributed by atoms with Crippen LogP contribution < -0.4 is 11.1 Å². The van der Waals surface area contributed by atoms with Gasteiger partial charge in [0, 0.05) is 5.56 Å². The fourth-order valence-electron chi connectivity index (χ4n) is 1.98. The zero-order valence-corrected chi connectivity index (χ0v) is 11.3. The molecule has 2 rings (SSSR count). The predicted octanol–water partition coefficient (Wildman–Crippen LogP) is 0.872. The molecule has 5 nitrogen and oxygen atoms in total. The molecule has 3 N–H and O–H groups in total. The van der Waals surface area contributed by atoms with Crippen LogP contribution in [0.3, 0.4) is 0 Å². The number of nitrogens with two attached hydrogens (primary N) is 1. The molecule has 19 heavy (non-hydrogen) atoms. The van der Waals surface area contributed by atoms with Gasteiger partial charge in [0.05, 0.1) is 25.3 Å². The van der Waals surface area contributed by atoms with Crippen molar-refractivity contribution in [2.75, 3.05) is 13.2 Å². The summed E-state index contributed by atoms with van der Waals surface area (Å²) < 4.78 is 11.4. The normalized spacial score (nSPS) is 27.0. The van der Waals surface area contributed by atoms with Gasteiger partial charge in [0.25, 0.3) is 0 Å². The molecular weight excluding hydrogens is 244 g/mol. The van der Waals surface area contributed by atoms with Gasteiger partial charge in [-0.1, -0.05) is 29.8 Å². The summed E-state index contributed by atoms with van der Waals surface area (Å²) in [6.45, 7) is 4.36. The second kappa shape index (κ2) is 6.14. The molecular formula is C14H20N2O3. The Balaban J connectivity index is 1.96. The van der Waals surface area contributed by atoms with Crippen molar-refractivity contribution in [2.45, 2.75) is 32.3 Å². The monoisotopic (exact) mass is 264 g/mol. The zero-order chi connectivity index (χ0) is 13.8. The van der Waals surface area contributed by atoms with E-state index in [9.17, 15) is 4.79 Å². The summed E-state index contributed by atoms with van der Waals surface area (Å²) in [5.74, 6) is -0.196. The second-order valence-corrected chi connectivity index (χ2v) is 4.80. The number of amides is 1. The van der Waals surface area contributed by atoms with Crippen LogP contribution in [0.25, 0.3) is 0 Å². The van der Waals surface area contributed by atoms with Crippen LogP contribution in [-0.4, -0.2) is 31.2 Å². The number of carbonyl (C=O) groups is 1. The molecule has 1 aliphatic heterocycles. The summed E-state index contributed by atoms with van der Waals surface area (Å²) in [6.07, 6.45) is -0.489. The number of carbonyl (C=O) groups excluding carboxylic acids is 1. The van der Waals surface area contributed by atoms with E-state index >= 15 is 0 Å². The maximum Gasteiger partial charge on any atom is 0.234 e. The van der Waals surface area contributed by atoms with Crippen molar-refractivity contribution in [3.05, 3.63) is 35.4 Å². The zero-order valence-electron chi connectivity index (χ0n) is 11.3. The van der Waals surface area contributed by atoms with Gasteiger partial charge in [0.1, 0.15) is 0 Å². The molecule has 1 saturated heterocycles. The summed E-state index contributed by atoms with van der Waals surface area (Å²) in [7, 11) is 0. The Labute approximate surface area is 113 Å². The second-order valence-electron chi connectivity index (χ2n) is 4.80. The number of aryl methyl sites for hydroxylation is 1. The van der Waals surface area contributed by atoms with Crippen molar-refractivity contribution in [3.63, 3.8) is 0 Å². The molecule has 0 bridgehead atoms. The summed E-state index contributed by atoms with van der Waals surface area (Å²) in [5.41, 5.74) is 7.46. The lowest BCUT2D eigenvalue weighted by atomic mass is 10.1. The quantitative estimate of drug-likeness (QED) is 0.849. The maximum absolute atomic E-state index is 11.3. The van der Waals surface area contributed by atoms with E-state index < -0.39 is 0 Å². The third-order valence-electron chi connectivity index (χ3n) is 3.21. The number of benzene rings is 1. The number of hydrogen-bond acceptors (Lipinski definition) is 4. The van der Waals surface area contributed by atoms with Crippen LogP contribution >= 0.6 is 0 Å². The Morgan fingerprint density at radius 3 is 2.68 bits per heavy atom. The van der Waals surface area contributed by atoms with Crippen molar-refractivity contribution in [3.8, 4) is 0 Å². The minimum Gasteiger partial charge on any atom is -0.347 e. The molecule has 1 heterocycles. The Morgan fingerprint density at radius 1 is 1.42 bits per heavy atom. The lowest BCUT2D eigenvalue weighted by Gasteiger charge is -2.35. The maximum atomic E-state index is 11.3. The molecule has 5 heteroatoms. The van der Waals surface area contributed by atoms with Crippen molar-refractivity contribution in [1.29, 1.82) is 0 Å². The molecule has 0 unspecified atom stereocenters. The van der Waals surface area contributed by atoms with E-state index in [1.807, 2.05) is 38.1 Å². The predicted molar refractivity (Wildman–Crippen MR) is 71.4 cm³/mol. The van der Waals surface area contributed by atoms with Crippen molar-refractivity contribution < 1.29 is 14.3 Å². The summed E-state index contributed by atoms with van der Waals surface area (Å²) >= 11 is 0. The molecule has 0 spiro atoms. The number of ether oxygens (including phenoxy) is 2. The standard InChI is InChI=1S/C14H20N2O3/c1-9-3-5-11(6-4-9)14-18-8-12(10(2)19-14)16-13(17)7-15/h3-6,10,12,14H,7-8,15H2,1-2H3,(H,16,17)/t10-,12-,14+/m1/s1. The molecule has 1 aliphatic rings. The van der Waals surface area contributed by atoms with Gasteiger partial charge in [-0.2, -0.15) is 0 Å². The van der Waals surface area contributed by atoms with Gasteiger partial charge in [-0.15, -0.1) is 0 Å². The fourth-order valence-corrected chi connectivity index (χ4v) is 1.98. The summed E-state index contributed by atoms with van der Waals surface area (Å²) in [5, 5.41) is 2.79. The first kappa shape index (κ1) is 14.0. The average Bonchev–Trinajstić information content (AvgIpc) is 2.41. The van der Waals surface area contributed by atoms with Crippen LogP contribution in [0.1, 0.15) is 24.3 Å². The van der Waals surface area contributed by atoms with Crippen LogP contribution in [0.2, 0.25) is 0 Å². The molecule has 1 fully saturated rings. The van der Waals surface area contributed by atoms with Gasteiger partial charge >= 0.3 is 0 Å². The first-order valence-electron chi connectivity index (χ1n) is 6.43. The van der Waals surface area contributed by atoms with Gasteiger partial charge in [0.15, 0.2) is 6.29 Å². The molecule has 0 aromatic heterocycles. The average molecular weight is 264 g/mol. The first-order chi connectivity index (χ1) is 9.10. The smallest absolute Gasteiger partial charge is 0.234 e.